The molecule has 2 aromatic rings. The van der Waals surface area contributed by atoms with Crippen LogP contribution < -0.4 is 16.4 Å². The van der Waals surface area contributed by atoms with Gasteiger partial charge in [0.15, 0.2) is 0 Å². The van der Waals surface area contributed by atoms with Crippen molar-refractivity contribution in [1.82, 2.24) is 25.5 Å². The van der Waals surface area contributed by atoms with Gasteiger partial charge in [0.05, 0.1) is 25.2 Å². The van der Waals surface area contributed by atoms with Crippen molar-refractivity contribution in [2.45, 2.75) is 64.4 Å². The molecular formula is C29H41BN6O6. The maximum atomic E-state index is 13.7. The van der Waals surface area contributed by atoms with Crippen LogP contribution >= 0.6 is 0 Å². The van der Waals surface area contributed by atoms with Gasteiger partial charge in [-0.3, -0.25) is 29.1 Å². The van der Waals surface area contributed by atoms with E-state index in [9.17, 15) is 19.2 Å². The van der Waals surface area contributed by atoms with Crippen LogP contribution in [0.3, 0.4) is 0 Å². The summed E-state index contributed by atoms with van der Waals surface area (Å²) in [6.45, 7) is 4.95. The molecule has 0 radical (unpaired) electrons. The van der Waals surface area contributed by atoms with Crippen LogP contribution in [0.5, 0.6) is 0 Å². The second kappa shape index (κ2) is 17.2. The van der Waals surface area contributed by atoms with Gasteiger partial charge in [-0.05, 0) is 43.8 Å². The molecule has 0 bridgehead atoms. The third-order valence-corrected chi connectivity index (χ3v) is 6.71. The number of nitrogens with zero attached hydrogens (tertiary/aromatic N) is 3. The lowest BCUT2D eigenvalue weighted by Crippen LogP contribution is -2.58. The lowest BCUT2D eigenvalue weighted by molar-refractivity contribution is -0.147. The fourth-order valence-corrected chi connectivity index (χ4v) is 4.67. The molecule has 3 rings (SSSR count). The molecule has 1 aromatic heterocycles. The van der Waals surface area contributed by atoms with Crippen LogP contribution in [0.4, 0.5) is 0 Å². The first-order chi connectivity index (χ1) is 20.2. The van der Waals surface area contributed by atoms with Gasteiger partial charge in [-0.2, -0.15) is 0 Å². The molecule has 4 N–H and O–H groups in total. The van der Waals surface area contributed by atoms with E-state index in [1.54, 1.807) is 4.90 Å². The number of hydrogen-bond acceptors (Lipinski definition) is 10. The SMILES string of the molecule is CC(C)C[C@H](NC(=O)[C@H](Cc1ccccc1)NC(=O)c1cnccn1)B1OC(=O)CN(CCCCCCN)CC(=O)O1. The Bertz CT molecular complexity index is 1140. The lowest BCUT2D eigenvalue weighted by Gasteiger charge is -2.30. The molecule has 0 spiro atoms. The molecular weight excluding hydrogens is 539 g/mol. The zero-order valence-corrected chi connectivity index (χ0v) is 24.4. The first-order valence-corrected chi connectivity index (χ1v) is 14.5. The molecule has 226 valence electrons. The highest BCUT2D eigenvalue weighted by Crippen LogP contribution is 2.14. The van der Waals surface area contributed by atoms with E-state index >= 15 is 0 Å². The quantitative estimate of drug-likeness (QED) is 0.206. The lowest BCUT2D eigenvalue weighted by atomic mass is 9.73. The predicted octanol–water partition coefficient (Wildman–Crippen LogP) is 1.30. The summed E-state index contributed by atoms with van der Waals surface area (Å²) in [6, 6.07) is 8.24. The number of carbonyl (C=O) groups excluding carboxylic acids is 4. The van der Waals surface area contributed by atoms with E-state index in [0.717, 1.165) is 31.2 Å². The summed E-state index contributed by atoms with van der Waals surface area (Å²) < 4.78 is 11.2. The molecule has 1 fully saturated rings. The van der Waals surface area contributed by atoms with Gasteiger partial charge >= 0.3 is 19.1 Å². The Hall–Kier alpha value is -3.84. The zero-order chi connectivity index (χ0) is 30.3. The van der Waals surface area contributed by atoms with Crippen LogP contribution in [0.15, 0.2) is 48.9 Å². The average Bonchev–Trinajstić information content (AvgIpc) is 2.95. The van der Waals surface area contributed by atoms with Crippen molar-refractivity contribution in [3.8, 4) is 0 Å². The molecule has 13 heteroatoms. The molecule has 1 aromatic carbocycles. The number of nitrogens with two attached hydrogens (primary N) is 1. The topological polar surface area (TPSA) is 166 Å². The number of benzene rings is 1. The van der Waals surface area contributed by atoms with E-state index in [0.29, 0.717) is 19.5 Å². The van der Waals surface area contributed by atoms with Crippen LogP contribution in [0.1, 0.15) is 62.0 Å². The smallest absolute Gasteiger partial charge is 0.497 e. The maximum Gasteiger partial charge on any atom is 0.622 e. The minimum Gasteiger partial charge on any atom is -0.497 e. The maximum absolute atomic E-state index is 13.7. The second-order valence-electron chi connectivity index (χ2n) is 10.8. The van der Waals surface area contributed by atoms with Crippen LogP contribution in [-0.4, -0.2) is 83.9 Å². The van der Waals surface area contributed by atoms with Crippen LogP contribution in [0.2, 0.25) is 0 Å². The largest absolute Gasteiger partial charge is 0.622 e. The Morgan fingerprint density at radius 1 is 1.00 bits per heavy atom. The van der Waals surface area contributed by atoms with E-state index in [2.05, 4.69) is 20.6 Å². The fourth-order valence-electron chi connectivity index (χ4n) is 4.67. The Morgan fingerprint density at radius 2 is 1.69 bits per heavy atom. The van der Waals surface area contributed by atoms with Gasteiger partial charge in [-0.15, -0.1) is 0 Å². The highest BCUT2D eigenvalue weighted by atomic mass is 16.6. The summed E-state index contributed by atoms with van der Waals surface area (Å²) in [7, 11) is -1.31. The van der Waals surface area contributed by atoms with Gasteiger partial charge in [0.2, 0.25) is 5.91 Å². The Kier molecular flexibility index (Phi) is 13.4. The molecule has 2 heterocycles. The second-order valence-corrected chi connectivity index (χ2v) is 10.8. The normalized spacial score (nSPS) is 15.7. The van der Waals surface area contributed by atoms with Crippen molar-refractivity contribution in [1.29, 1.82) is 0 Å². The monoisotopic (exact) mass is 580 g/mol. The first-order valence-electron chi connectivity index (χ1n) is 14.5. The number of nitrogens with one attached hydrogen (secondary N) is 2. The van der Waals surface area contributed by atoms with E-state index < -0.39 is 42.9 Å². The van der Waals surface area contributed by atoms with Crippen LogP contribution in [0.25, 0.3) is 0 Å². The van der Waals surface area contributed by atoms with Gasteiger partial charge in [-0.25, -0.2) is 4.98 Å². The highest BCUT2D eigenvalue weighted by Gasteiger charge is 2.42. The van der Waals surface area contributed by atoms with Crippen LogP contribution in [0, 0.1) is 5.92 Å². The van der Waals surface area contributed by atoms with Crippen molar-refractivity contribution in [3.05, 3.63) is 60.2 Å². The number of amides is 2. The Labute approximate surface area is 247 Å². The first kappa shape index (κ1) is 32.7. The van der Waals surface area contributed by atoms with Crippen molar-refractivity contribution < 1.29 is 28.5 Å². The number of hydrogen-bond donors (Lipinski definition) is 3. The van der Waals surface area contributed by atoms with Gasteiger partial charge in [0.1, 0.15) is 11.7 Å². The third kappa shape index (κ3) is 11.2. The molecule has 1 aliphatic rings. The Balaban J connectivity index is 1.72. The molecule has 0 saturated carbocycles. The molecule has 42 heavy (non-hydrogen) atoms. The molecule has 1 aliphatic heterocycles. The minimum atomic E-state index is -1.31. The van der Waals surface area contributed by atoms with Gasteiger partial charge in [0, 0.05) is 18.8 Å². The summed E-state index contributed by atoms with van der Waals surface area (Å²) in [4.78, 5) is 61.8. The highest BCUT2D eigenvalue weighted by molar-refractivity contribution is 6.51. The van der Waals surface area contributed by atoms with Crippen molar-refractivity contribution in [2.24, 2.45) is 11.7 Å². The summed E-state index contributed by atoms with van der Waals surface area (Å²) in [5.41, 5.74) is 6.43. The molecule has 1 saturated heterocycles. The van der Waals surface area contributed by atoms with Crippen molar-refractivity contribution in [3.63, 3.8) is 0 Å². The van der Waals surface area contributed by atoms with Gasteiger partial charge < -0.3 is 25.7 Å². The van der Waals surface area contributed by atoms with Crippen molar-refractivity contribution >= 4 is 30.9 Å². The molecule has 2 atom stereocenters. The number of rotatable bonds is 15. The molecule has 12 nitrogen and oxygen atoms in total. The Morgan fingerprint density at radius 3 is 2.31 bits per heavy atom. The van der Waals surface area contributed by atoms with Crippen molar-refractivity contribution in [2.75, 3.05) is 26.2 Å². The summed E-state index contributed by atoms with van der Waals surface area (Å²) >= 11 is 0. The van der Waals surface area contributed by atoms with Crippen LogP contribution in [-0.2, 0) is 30.1 Å². The molecule has 0 aliphatic carbocycles. The minimum absolute atomic E-state index is 0.0599. The predicted molar refractivity (Wildman–Crippen MR) is 157 cm³/mol. The molecule has 2 amide bonds. The van der Waals surface area contributed by atoms with Gasteiger partial charge in [0.25, 0.3) is 5.91 Å². The van der Waals surface area contributed by atoms with E-state index in [-0.39, 0.29) is 31.1 Å². The number of unbranched alkanes of at least 4 members (excludes halogenated alkanes) is 3. The number of carbonyl (C=O) groups is 4. The fraction of sp³-hybridized carbons (Fsp3) is 0.517. The molecule has 0 unspecified atom stereocenters. The summed E-state index contributed by atoms with van der Waals surface area (Å²) in [6.07, 6.45) is 8.38. The standard InChI is InChI=1S/C29H41BN6O6/c1-21(2)16-25(30-41-26(37)19-36(20-27(38)42-30)15-9-4-3-8-12-31)35-28(39)23(17-22-10-6-5-7-11-22)34-29(40)24-18-32-13-14-33-24/h5-7,10-11,13-14,18,21,23,25H,3-4,8-9,12,15-17,19-20,31H2,1-2H3,(H,34,40)(H,35,39)/t23-,25-/m0/s1. The summed E-state index contributed by atoms with van der Waals surface area (Å²) in [5.74, 6) is -2.95. The van der Waals surface area contributed by atoms with E-state index in [4.69, 9.17) is 15.0 Å². The summed E-state index contributed by atoms with van der Waals surface area (Å²) in [5, 5.41) is 5.62. The van der Waals surface area contributed by atoms with E-state index in [1.807, 2.05) is 44.2 Å². The van der Waals surface area contributed by atoms with Gasteiger partial charge in [-0.1, -0.05) is 57.0 Å². The van der Waals surface area contributed by atoms with E-state index in [1.165, 1.54) is 18.6 Å². The zero-order valence-electron chi connectivity index (χ0n) is 24.4. The number of aromatic nitrogens is 2. The average molecular weight is 580 g/mol. The third-order valence-electron chi connectivity index (χ3n) is 6.71.